The van der Waals surface area contributed by atoms with Crippen molar-refractivity contribution in [2.24, 2.45) is 5.41 Å². The van der Waals surface area contributed by atoms with Crippen LogP contribution in [0, 0.1) is 17.0 Å². The van der Waals surface area contributed by atoms with E-state index in [-0.39, 0.29) is 22.0 Å². The Hall–Kier alpha value is -0.190. The molecule has 0 aliphatic heterocycles. The first-order valence-electron chi connectivity index (χ1n) is 5.26. The molecule has 1 aromatic rings. The van der Waals surface area contributed by atoms with Crippen molar-refractivity contribution in [3.05, 3.63) is 33.8 Å². The smallest absolute Gasteiger partial charge is 0.144 e. The van der Waals surface area contributed by atoms with Crippen LogP contribution < -0.4 is 5.32 Å². The Labute approximate surface area is 114 Å². The van der Waals surface area contributed by atoms with Crippen molar-refractivity contribution in [3.8, 4) is 0 Å². The molecule has 0 atom stereocenters. The third kappa shape index (κ3) is 4.19. The molecule has 0 amide bonds. The summed E-state index contributed by atoms with van der Waals surface area (Å²) in [6.45, 7) is 4.72. The second-order valence-corrected chi connectivity index (χ2v) is 5.84. The van der Waals surface area contributed by atoms with E-state index in [0.29, 0.717) is 12.4 Å². The molecule has 1 aromatic carbocycles. The second kappa shape index (κ2) is 6.12. The summed E-state index contributed by atoms with van der Waals surface area (Å²) in [6.07, 6.45) is 0. The van der Waals surface area contributed by atoms with E-state index in [1.54, 1.807) is 0 Å². The van der Waals surface area contributed by atoms with Crippen LogP contribution in [-0.4, -0.2) is 12.4 Å². The van der Waals surface area contributed by atoms with E-state index in [1.165, 1.54) is 12.1 Å². The summed E-state index contributed by atoms with van der Waals surface area (Å²) in [5.74, 6) is -0.605. The summed E-state index contributed by atoms with van der Waals surface area (Å²) in [7, 11) is 0. The van der Waals surface area contributed by atoms with E-state index in [9.17, 15) is 8.78 Å². The zero-order chi connectivity index (χ0) is 13.1. The van der Waals surface area contributed by atoms with Gasteiger partial charge in [0.15, 0.2) is 0 Å². The van der Waals surface area contributed by atoms with Gasteiger partial charge in [0.25, 0.3) is 0 Å². The summed E-state index contributed by atoms with van der Waals surface area (Å²) < 4.78 is 27.3. The first kappa shape index (κ1) is 14.9. The van der Waals surface area contributed by atoms with Crippen LogP contribution >= 0.6 is 27.5 Å². The maximum absolute atomic E-state index is 13.6. The lowest BCUT2D eigenvalue weighted by atomic mass is 9.96. The first-order valence-corrected chi connectivity index (χ1v) is 6.59. The SMILES string of the molecule is CC(C)(CCl)CNCc1c(F)ccc(Br)c1F. The highest BCUT2D eigenvalue weighted by Gasteiger charge is 2.17. The number of hydrogen-bond donors (Lipinski definition) is 1. The molecule has 0 fully saturated rings. The quantitative estimate of drug-likeness (QED) is 0.635. The molecule has 17 heavy (non-hydrogen) atoms. The van der Waals surface area contributed by atoms with E-state index in [1.807, 2.05) is 13.8 Å². The fourth-order valence-corrected chi connectivity index (χ4v) is 1.77. The van der Waals surface area contributed by atoms with Crippen molar-refractivity contribution in [3.63, 3.8) is 0 Å². The molecule has 1 N–H and O–H groups in total. The molecular weight excluding hydrogens is 311 g/mol. The van der Waals surface area contributed by atoms with Crippen molar-refractivity contribution in [2.45, 2.75) is 20.4 Å². The number of benzene rings is 1. The standard InChI is InChI=1S/C12H15BrClF2N/c1-12(2,6-14)7-17-5-8-10(15)4-3-9(13)11(8)16/h3-4,17H,5-7H2,1-2H3. The van der Waals surface area contributed by atoms with Crippen molar-refractivity contribution in [2.75, 3.05) is 12.4 Å². The van der Waals surface area contributed by atoms with Gasteiger partial charge in [-0.1, -0.05) is 13.8 Å². The molecule has 0 saturated heterocycles. The summed E-state index contributed by atoms with van der Waals surface area (Å²) in [5, 5.41) is 3.02. The number of alkyl halides is 1. The summed E-state index contributed by atoms with van der Waals surface area (Å²) in [5.41, 5.74) is -0.0506. The Kier molecular flexibility index (Phi) is 5.35. The van der Waals surface area contributed by atoms with Crippen LogP contribution in [0.15, 0.2) is 16.6 Å². The molecule has 0 saturated carbocycles. The van der Waals surface area contributed by atoms with Crippen molar-refractivity contribution in [1.82, 2.24) is 5.32 Å². The highest BCUT2D eigenvalue weighted by molar-refractivity contribution is 9.10. The summed E-state index contributed by atoms with van der Waals surface area (Å²) in [6, 6.07) is 2.60. The molecule has 0 radical (unpaired) electrons. The lowest BCUT2D eigenvalue weighted by molar-refractivity contribution is 0.380. The molecule has 0 aliphatic rings. The van der Waals surface area contributed by atoms with Crippen LogP contribution in [0.5, 0.6) is 0 Å². The van der Waals surface area contributed by atoms with E-state index in [2.05, 4.69) is 21.2 Å². The number of halogens is 4. The topological polar surface area (TPSA) is 12.0 Å². The van der Waals surface area contributed by atoms with Crippen LogP contribution in [0.4, 0.5) is 8.78 Å². The highest BCUT2D eigenvalue weighted by Crippen LogP contribution is 2.22. The van der Waals surface area contributed by atoms with E-state index >= 15 is 0 Å². The number of rotatable bonds is 5. The highest BCUT2D eigenvalue weighted by atomic mass is 79.9. The molecule has 0 aliphatic carbocycles. The van der Waals surface area contributed by atoms with E-state index in [0.717, 1.165) is 0 Å². The van der Waals surface area contributed by atoms with E-state index in [4.69, 9.17) is 11.6 Å². The lowest BCUT2D eigenvalue weighted by Gasteiger charge is -2.22. The molecule has 1 nitrogen and oxygen atoms in total. The largest absolute Gasteiger partial charge is 0.312 e. The fraction of sp³-hybridized carbons (Fsp3) is 0.500. The van der Waals surface area contributed by atoms with Crippen LogP contribution in [0.25, 0.3) is 0 Å². The molecule has 5 heteroatoms. The maximum Gasteiger partial charge on any atom is 0.144 e. The Balaban J connectivity index is 2.67. The maximum atomic E-state index is 13.6. The minimum atomic E-state index is -0.554. The van der Waals surface area contributed by atoms with Crippen molar-refractivity contribution in [1.29, 1.82) is 0 Å². The van der Waals surface area contributed by atoms with Gasteiger partial charge in [-0.05, 0) is 33.5 Å². The fourth-order valence-electron chi connectivity index (χ4n) is 1.30. The first-order chi connectivity index (χ1) is 7.87. The molecule has 0 spiro atoms. The zero-order valence-corrected chi connectivity index (χ0v) is 12.1. The number of hydrogen-bond acceptors (Lipinski definition) is 1. The predicted octanol–water partition coefficient (Wildman–Crippen LogP) is 4.08. The van der Waals surface area contributed by atoms with Gasteiger partial charge in [0, 0.05) is 24.5 Å². The molecule has 0 unspecified atom stereocenters. The minimum absolute atomic E-state index is 0.0461. The van der Waals surface area contributed by atoms with Crippen LogP contribution in [0.3, 0.4) is 0 Å². The van der Waals surface area contributed by atoms with Crippen LogP contribution in [0.1, 0.15) is 19.4 Å². The lowest BCUT2D eigenvalue weighted by Crippen LogP contribution is -2.30. The van der Waals surface area contributed by atoms with Gasteiger partial charge in [-0.15, -0.1) is 11.6 Å². The Bertz CT molecular complexity index is 396. The normalized spacial score (nSPS) is 11.9. The van der Waals surface area contributed by atoms with E-state index < -0.39 is 11.6 Å². The minimum Gasteiger partial charge on any atom is -0.312 e. The average molecular weight is 327 g/mol. The summed E-state index contributed by atoms with van der Waals surface area (Å²) >= 11 is 8.80. The predicted molar refractivity (Wildman–Crippen MR) is 70.3 cm³/mol. The third-order valence-corrected chi connectivity index (χ3v) is 3.74. The average Bonchev–Trinajstić information content (AvgIpc) is 2.28. The number of nitrogens with one attached hydrogen (secondary N) is 1. The van der Waals surface area contributed by atoms with Crippen molar-refractivity contribution < 1.29 is 8.78 Å². The van der Waals surface area contributed by atoms with Crippen molar-refractivity contribution >= 4 is 27.5 Å². The van der Waals surface area contributed by atoms with Gasteiger partial charge in [0.2, 0.25) is 0 Å². The third-order valence-electron chi connectivity index (χ3n) is 2.41. The molecule has 0 bridgehead atoms. The molecule has 0 heterocycles. The second-order valence-electron chi connectivity index (χ2n) is 4.72. The van der Waals surface area contributed by atoms with Gasteiger partial charge in [-0.25, -0.2) is 8.78 Å². The van der Waals surface area contributed by atoms with Gasteiger partial charge in [0.1, 0.15) is 11.6 Å². The monoisotopic (exact) mass is 325 g/mol. The molecular formula is C12H15BrClF2N. The van der Waals surface area contributed by atoms with Gasteiger partial charge in [-0.2, -0.15) is 0 Å². The Morgan fingerprint density at radius 2 is 2.00 bits per heavy atom. The Morgan fingerprint density at radius 3 is 2.59 bits per heavy atom. The van der Waals surface area contributed by atoms with Crippen LogP contribution in [-0.2, 0) is 6.54 Å². The molecule has 96 valence electrons. The molecule has 1 rings (SSSR count). The molecule has 0 aromatic heterocycles. The van der Waals surface area contributed by atoms with Gasteiger partial charge in [-0.3, -0.25) is 0 Å². The van der Waals surface area contributed by atoms with Gasteiger partial charge in [0.05, 0.1) is 4.47 Å². The van der Waals surface area contributed by atoms with Gasteiger partial charge >= 0.3 is 0 Å². The summed E-state index contributed by atoms with van der Waals surface area (Å²) in [4.78, 5) is 0. The zero-order valence-electron chi connectivity index (χ0n) is 9.79. The van der Waals surface area contributed by atoms with Crippen LogP contribution in [0.2, 0.25) is 0 Å². The Morgan fingerprint density at radius 1 is 1.35 bits per heavy atom. The van der Waals surface area contributed by atoms with Gasteiger partial charge < -0.3 is 5.32 Å².